The molecule has 0 bridgehead atoms. The second-order valence-corrected chi connectivity index (χ2v) is 4.32. The van der Waals surface area contributed by atoms with E-state index in [-0.39, 0.29) is 18.1 Å². The number of carbonyl (C=O) groups is 1. The Kier molecular flexibility index (Phi) is 5.37. The third-order valence-corrected chi connectivity index (χ3v) is 2.74. The molecule has 6 heteroatoms. The van der Waals surface area contributed by atoms with Crippen LogP contribution in [0.5, 0.6) is 17.2 Å². The lowest BCUT2D eigenvalue weighted by atomic mass is 10.2. The third kappa shape index (κ3) is 4.52. The van der Waals surface area contributed by atoms with Crippen LogP contribution in [0.15, 0.2) is 53.6 Å². The van der Waals surface area contributed by atoms with Crippen LogP contribution in [0, 0.1) is 0 Å². The summed E-state index contributed by atoms with van der Waals surface area (Å²) in [6.07, 6.45) is 1.51. The molecule has 0 aromatic heterocycles. The van der Waals surface area contributed by atoms with Gasteiger partial charge in [-0.2, -0.15) is 5.10 Å². The molecule has 0 saturated heterocycles. The van der Waals surface area contributed by atoms with E-state index in [4.69, 9.17) is 9.47 Å². The van der Waals surface area contributed by atoms with Crippen LogP contribution in [-0.2, 0) is 4.79 Å². The first-order valence-electron chi connectivity index (χ1n) is 6.56. The van der Waals surface area contributed by atoms with Gasteiger partial charge in [-0.15, -0.1) is 0 Å². The van der Waals surface area contributed by atoms with Gasteiger partial charge in [-0.25, -0.2) is 5.43 Å². The maximum atomic E-state index is 11.6. The smallest absolute Gasteiger partial charge is 0.277 e. The molecule has 0 atom stereocenters. The number of amides is 1. The number of phenolic OH excluding ortho intramolecular Hbond substituents is 1. The number of para-hydroxylation sites is 2. The minimum atomic E-state index is -0.423. The quantitative estimate of drug-likeness (QED) is 0.631. The zero-order valence-electron chi connectivity index (χ0n) is 12.0. The number of aromatic hydroxyl groups is 1. The van der Waals surface area contributed by atoms with Crippen LogP contribution in [0.3, 0.4) is 0 Å². The first-order valence-corrected chi connectivity index (χ1v) is 6.56. The lowest BCUT2D eigenvalue weighted by Gasteiger charge is -2.06. The van der Waals surface area contributed by atoms with Crippen molar-refractivity contribution in [2.75, 3.05) is 13.7 Å². The highest BCUT2D eigenvalue weighted by molar-refractivity contribution is 5.83. The van der Waals surface area contributed by atoms with Crippen molar-refractivity contribution < 1.29 is 19.4 Å². The van der Waals surface area contributed by atoms with E-state index in [1.807, 2.05) is 12.1 Å². The summed E-state index contributed by atoms with van der Waals surface area (Å²) >= 11 is 0. The van der Waals surface area contributed by atoms with Crippen molar-refractivity contribution in [3.8, 4) is 17.2 Å². The molecule has 0 spiro atoms. The minimum absolute atomic E-state index is 0.0166. The molecule has 0 radical (unpaired) electrons. The molecule has 2 aromatic carbocycles. The first kappa shape index (κ1) is 15.4. The molecule has 0 saturated carbocycles. The van der Waals surface area contributed by atoms with E-state index in [2.05, 4.69) is 10.5 Å². The highest BCUT2D eigenvalue weighted by Gasteiger charge is 2.04. The van der Waals surface area contributed by atoms with Gasteiger partial charge in [0.1, 0.15) is 5.75 Å². The number of rotatable bonds is 6. The summed E-state index contributed by atoms with van der Waals surface area (Å²) in [6, 6.07) is 13.6. The molecule has 0 fully saturated rings. The van der Waals surface area contributed by atoms with Gasteiger partial charge in [0.25, 0.3) is 5.91 Å². The maximum absolute atomic E-state index is 11.6. The van der Waals surface area contributed by atoms with E-state index in [0.717, 1.165) is 11.3 Å². The van der Waals surface area contributed by atoms with Crippen molar-refractivity contribution >= 4 is 12.1 Å². The molecule has 0 aliphatic heterocycles. The van der Waals surface area contributed by atoms with E-state index in [0.29, 0.717) is 0 Å². The predicted octanol–water partition coefficient (Wildman–Crippen LogP) is 1.93. The Morgan fingerprint density at radius 1 is 1.23 bits per heavy atom. The normalized spacial score (nSPS) is 10.4. The zero-order chi connectivity index (χ0) is 15.8. The van der Waals surface area contributed by atoms with E-state index in [1.54, 1.807) is 37.4 Å². The van der Waals surface area contributed by atoms with Crippen LogP contribution in [0.4, 0.5) is 0 Å². The summed E-state index contributed by atoms with van der Waals surface area (Å²) in [7, 11) is 1.59. The number of hydrazone groups is 1. The van der Waals surface area contributed by atoms with E-state index in [1.165, 1.54) is 12.3 Å². The zero-order valence-corrected chi connectivity index (χ0v) is 12.0. The summed E-state index contributed by atoms with van der Waals surface area (Å²) in [5, 5.41) is 13.3. The molecular weight excluding hydrogens is 284 g/mol. The molecular formula is C16H16N2O4. The Balaban J connectivity index is 1.79. The SMILES string of the molecule is COc1ccc(/C=N\NC(=O)COc2ccccc2O)cc1. The van der Waals surface area contributed by atoms with Crippen molar-refractivity contribution in [2.24, 2.45) is 5.10 Å². The average Bonchev–Trinajstić information content (AvgIpc) is 2.55. The van der Waals surface area contributed by atoms with E-state index >= 15 is 0 Å². The maximum Gasteiger partial charge on any atom is 0.277 e. The van der Waals surface area contributed by atoms with Gasteiger partial charge in [0.15, 0.2) is 18.1 Å². The Morgan fingerprint density at radius 3 is 2.64 bits per heavy atom. The van der Waals surface area contributed by atoms with Gasteiger partial charge >= 0.3 is 0 Å². The third-order valence-electron chi connectivity index (χ3n) is 2.74. The Morgan fingerprint density at radius 2 is 1.95 bits per heavy atom. The Hall–Kier alpha value is -3.02. The van der Waals surface area contributed by atoms with Crippen LogP contribution in [0.25, 0.3) is 0 Å². The molecule has 22 heavy (non-hydrogen) atoms. The average molecular weight is 300 g/mol. The van der Waals surface area contributed by atoms with Gasteiger partial charge in [-0.05, 0) is 42.0 Å². The van der Waals surface area contributed by atoms with Gasteiger partial charge in [0, 0.05) is 0 Å². The number of phenols is 1. The lowest BCUT2D eigenvalue weighted by molar-refractivity contribution is -0.123. The molecule has 1 amide bonds. The summed E-state index contributed by atoms with van der Waals surface area (Å²) in [4.78, 5) is 11.6. The highest BCUT2D eigenvalue weighted by Crippen LogP contribution is 2.23. The van der Waals surface area contributed by atoms with Crippen LogP contribution < -0.4 is 14.9 Å². The van der Waals surface area contributed by atoms with Crippen LogP contribution in [-0.4, -0.2) is 30.9 Å². The number of carbonyl (C=O) groups excluding carboxylic acids is 1. The van der Waals surface area contributed by atoms with Gasteiger partial charge in [0.05, 0.1) is 13.3 Å². The van der Waals surface area contributed by atoms with Gasteiger partial charge in [-0.1, -0.05) is 12.1 Å². The van der Waals surface area contributed by atoms with E-state index in [9.17, 15) is 9.90 Å². The molecule has 0 aliphatic carbocycles. The summed E-state index contributed by atoms with van der Waals surface area (Å²) < 4.78 is 10.2. The van der Waals surface area contributed by atoms with Gasteiger partial charge in [-0.3, -0.25) is 4.79 Å². The number of nitrogens with zero attached hydrogens (tertiary/aromatic N) is 1. The topological polar surface area (TPSA) is 80.2 Å². The number of methoxy groups -OCH3 is 1. The number of nitrogens with one attached hydrogen (secondary N) is 1. The standard InChI is InChI=1S/C16H16N2O4/c1-21-13-8-6-12(7-9-13)10-17-18-16(20)11-22-15-5-3-2-4-14(15)19/h2-10,19H,11H2,1H3,(H,18,20)/b17-10-. The van der Waals surface area contributed by atoms with Crippen LogP contribution >= 0.6 is 0 Å². The monoisotopic (exact) mass is 300 g/mol. The second-order valence-electron chi connectivity index (χ2n) is 4.32. The van der Waals surface area contributed by atoms with Gasteiger partial charge in [0.2, 0.25) is 0 Å². The van der Waals surface area contributed by atoms with E-state index < -0.39 is 5.91 Å². The van der Waals surface area contributed by atoms with Crippen molar-refractivity contribution in [1.82, 2.24) is 5.43 Å². The molecule has 0 aliphatic rings. The second kappa shape index (κ2) is 7.68. The molecule has 0 heterocycles. The molecule has 2 N–H and O–H groups in total. The molecule has 6 nitrogen and oxygen atoms in total. The van der Waals surface area contributed by atoms with Crippen LogP contribution in [0.2, 0.25) is 0 Å². The number of ether oxygens (including phenoxy) is 2. The summed E-state index contributed by atoms with van der Waals surface area (Å²) in [5.41, 5.74) is 3.16. The van der Waals surface area contributed by atoms with Gasteiger partial charge < -0.3 is 14.6 Å². The number of hydrogen-bond donors (Lipinski definition) is 2. The molecule has 114 valence electrons. The lowest BCUT2D eigenvalue weighted by Crippen LogP contribution is -2.24. The van der Waals surface area contributed by atoms with Crippen molar-refractivity contribution in [3.05, 3.63) is 54.1 Å². The molecule has 0 unspecified atom stereocenters. The predicted molar refractivity (Wildman–Crippen MR) is 82.3 cm³/mol. The highest BCUT2D eigenvalue weighted by atomic mass is 16.5. The number of hydrogen-bond acceptors (Lipinski definition) is 5. The summed E-state index contributed by atoms with van der Waals surface area (Å²) in [6.45, 7) is -0.239. The Bertz CT molecular complexity index is 653. The van der Waals surface area contributed by atoms with Crippen LogP contribution in [0.1, 0.15) is 5.56 Å². The van der Waals surface area contributed by atoms with Crippen molar-refractivity contribution in [1.29, 1.82) is 0 Å². The fraction of sp³-hybridized carbons (Fsp3) is 0.125. The fourth-order valence-electron chi connectivity index (χ4n) is 1.62. The van der Waals surface area contributed by atoms with Crippen molar-refractivity contribution in [3.63, 3.8) is 0 Å². The largest absolute Gasteiger partial charge is 0.504 e. The molecule has 2 rings (SSSR count). The summed E-state index contributed by atoms with van der Waals surface area (Å²) in [5.74, 6) is 0.555. The number of benzene rings is 2. The minimum Gasteiger partial charge on any atom is -0.504 e. The fourth-order valence-corrected chi connectivity index (χ4v) is 1.62. The Labute approximate surface area is 128 Å². The molecule has 2 aromatic rings. The first-order chi connectivity index (χ1) is 10.7. The van der Waals surface area contributed by atoms with Crippen molar-refractivity contribution in [2.45, 2.75) is 0 Å².